The van der Waals surface area contributed by atoms with Gasteiger partial charge in [0.15, 0.2) is 11.8 Å². The number of benzene rings is 2. The van der Waals surface area contributed by atoms with Crippen LogP contribution in [0.4, 0.5) is 22.9 Å². The molecule has 0 saturated heterocycles. The first kappa shape index (κ1) is 23.1. The summed E-state index contributed by atoms with van der Waals surface area (Å²) in [6.45, 7) is 0.0287. The van der Waals surface area contributed by atoms with Crippen molar-refractivity contribution in [3.63, 3.8) is 0 Å². The Hall–Kier alpha value is -5.07. The first-order chi connectivity index (χ1) is 16.7. The summed E-state index contributed by atoms with van der Waals surface area (Å²) >= 11 is 0. The highest BCUT2D eigenvalue weighted by molar-refractivity contribution is 6.02. The number of anilines is 3. The van der Waals surface area contributed by atoms with E-state index in [9.17, 15) is 4.79 Å². The number of rotatable bonds is 7. The van der Waals surface area contributed by atoms with Crippen molar-refractivity contribution in [3.8, 4) is 23.4 Å². The second-order valence-corrected chi connectivity index (χ2v) is 7.66. The molecule has 0 atom stereocenters. The number of aromatic nitrogens is 2. The molecule has 0 bridgehead atoms. The van der Waals surface area contributed by atoms with E-state index in [0.29, 0.717) is 34.3 Å². The Labute approximate surface area is 200 Å². The third-order valence-corrected chi connectivity index (χ3v) is 4.78. The lowest BCUT2D eigenvalue weighted by Gasteiger charge is -2.21. The molecule has 1 aliphatic rings. The minimum atomic E-state index is -0.273. The lowest BCUT2D eigenvalue weighted by molar-refractivity contribution is -0.114. The predicted octanol–water partition coefficient (Wildman–Crippen LogP) is 1.68. The van der Waals surface area contributed by atoms with Gasteiger partial charge >= 0.3 is 6.01 Å². The Morgan fingerprint density at radius 1 is 1.09 bits per heavy atom. The van der Waals surface area contributed by atoms with E-state index in [-0.39, 0.29) is 41.8 Å². The zero-order chi connectivity index (χ0) is 25.1. The molecule has 35 heavy (non-hydrogen) atoms. The summed E-state index contributed by atoms with van der Waals surface area (Å²) in [7, 11) is 3.65. The van der Waals surface area contributed by atoms with Gasteiger partial charge in [0.05, 0.1) is 17.9 Å². The highest BCUT2D eigenvalue weighted by Gasteiger charge is 2.24. The molecule has 0 spiro atoms. The minimum absolute atomic E-state index is 0.0287. The van der Waals surface area contributed by atoms with Gasteiger partial charge in [-0.3, -0.25) is 10.2 Å². The van der Waals surface area contributed by atoms with E-state index in [1.165, 1.54) is 0 Å². The SMILES string of the molecule is CN(C)c1cc(Oc2nc(Oc3cccc(N=C(N)N)c3)nc3c2NC(=O)CN3)ccc1C(=N)N. The monoisotopic (exact) mass is 476 g/mol. The molecule has 2 aromatic carbocycles. The van der Waals surface area contributed by atoms with Gasteiger partial charge in [0.25, 0.3) is 5.88 Å². The van der Waals surface area contributed by atoms with Crippen LogP contribution < -0.4 is 42.2 Å². The van der Waals surface area contributed by atoms with Gasteiger partial charge in [-0.2, -0.15) is 9.97 Å². The Balaban J connectivity index is 1.71. The quantitative estimate of drug-likeness (QED) is 0.215. The number of amides is 1. The summed E-state index contributed by atoms with van der Waals surface area (Å²) in [4.78, 5) is 26.5. The van der Waals surface area contributed by atoms with Gasteiger partial charge in [-0.05, 0) is 24.3 Å². The Morgan fingerprint density at radius 3 is 2.57 bits per heavy atom. The van der Waals surface area contributed by atoms with Crippen LogP contribution in [0.2, 0.25) is 0 Å². The van der Waals surface area contributed by atoms with Crippen LogP contribution in [-0.4, -0.2) is 48.3 Å². The first-order valence-electron chi connectivity index (χ1n) is 10.4. The largest absolute Gasteiger partial charge is 0.437 e. The van der Waals surface area contributed by atoms with Crippen LogP contribution in [0.3, 0.4) is 0 Å². The number of hydrogen-bond donors (Lipinski definition) is 6. The van der Waals surface area contributed by atoms with Crippen molar-refractivity contribution < 1.29 is 14.3 Å². The maximum Gasteiger partial charge on any atom is 0.327 e. The van der Waals surface area contributed by atoms with Crippen LogP contribution in [0.25, 0.3) is 0 Å². The fourth-order valence-electron chi connectivity index (χ4n) is 3.28. The molecule has 13 nitrogen and oxygen atoms in total. The third-order valence-electron chi connectivity index (χ3n) is 4.78. The molecule has 0 fully saturated rings. The van der Waals surface area contributed by atoms with Gasteiger partial charge in [-0.1, -0.05) is 6.07 Å². The maximum absolute atomic E-state index is 12.0. The molecule has 3 aromatic rings. The molecule has 0 radical (unpaired) electrons. The van der Waals surface area contributed by atoms with Crippen LogP contribution in [0.5, 0.6) is 23.4 Å². The first-order valence-corrected chi connectivity index (χ1v) is 10.4. The molecule has 1 aromatic heterocycles. The summed E-state index contributed by atoms with van der Waals surface area (Å²) in [5.74, 6) is 0.749. The van der Waals surface area contributed by atoms with E-state index in [1.54, 1.807) is 47.4 Å². The van der Waals surface area contributed by atoms with E-state index in [2.05, 4.69) is 25.6 Å². The number of nitrogens with two attached hydrogens (primary N) is 3. The van der Waals surface area contributed by atoms with Gasteiger partial charge in [-0.25, -0.2) is 4.99 Å². The van der Waals surface area contributed by atoms with Gasteiger partial charge in [0.1, 0.15) is 23.0 Å². The summed E-state index contributed by atoms with van der Waals surface area (Å²) in [6.07, 6.45) is 0. The van der Waals surface area contributed by atoms with Crippen LogP contribution in [-0.2, 0) is 4.79 Å². The molecule has 9 N–H and O–H groups in total. The number of nitrogens with one attached hydrogen (secondary N) is 3. The normalized spacial score (nSPS) is 12.0. The lowest BCUT2D eigenvalue weighted by atomic mass is 10.1. The van der Waals surface area contributed by atoms with Crippen molar-refractivity contribution in [1.29, 1.82) is 5.41 Å². The lowest BCUT2D eigenvalue weighted by Crippen LogP contribution is -2.28. The average Bonchev–Trinajstić information content (AvgIpc) is 2.79. The molecular formula is C22H24N10O3. The van der Waals surface area contributed by atoms with Gasteiger partial charge in [0.2, 0.25) is 5.91 Å². The van der Waals surface area contributed by atoms with Crippen molar-refractivity contribution in [2.75, 3.05) is 36.2 Å². The van der Waals surface area contributed by atoms with Crippen LogP contribution >= 0.6 is 0 Å². The second kappa shape index (κ2) is 9.43. The number of nitrogens with zero attached hydrogens (tertiary/aromatic N) is 4. The molecule has 1 aliphatic heterocycles. The van der Waals surface area contributed by atoms with E-state index >= 15 is 0 Å². The van der Waals surface area contributed by atoms with E-state index in [4.69, 9.17) is 32.1 Å². The number of fused-ring (bicyclic) bond motifs is 1. The average molecular weight is 477 g/mol. The number of carbonyl (C=O) groups excluding carboxylic acids is 1. The Morgan fingerprint density at radius 2 is 1.86 bits per heavy atom. The number of amidine groups is 1. The molecule has 0 aliphatic carbocycles. The van der Waals surface area contributed by atoms with Crippen molar-refractivity contribution >= 4 is 40.6 Å². The van der Waals surface area contributed by atoms with Gasteiger partial charge in [-0.15, -0.1) is 0 Å². The fraction of sp³-hybridized carbons (Fsp3) is 0.136. The maximum atomic E-state index is 12.0. The van der Waals surface area contributed by atoms with Crippen LogP contribution in [0, 0.1) is 5.41 Å². The zero-order valence-corrected chi connectivity index (χ0v) is 19.0. The molecule has 1 amide bonds. The molecule has 2 heterocycles. The summed E-state index contributed by atoms with van der Waals surface area (Å²) < 4.78 is 11.9. The summed E-state index contributed by atoms with van der Waals surface area (Å²) in [5, 5.41) is 13.4. The molecule has 4 rings (SSSR count). The van der Waals surface area contributed by atoms with Crippen LogP contribution in [0.15, 0.2) is 47.5 Å². The molecule has 0 saturated carbocycles. The molecular weight excluding hydrogens is 452 g/mol. The van der Waals surface area contributed by atoms with Gasteiger partial charge < -0.3 is 42.2 Å². The van der Waals surface area contributed by atoms with E-state index in [0.717, 1.165) is 0 Å². The Bertz CT molecular complexity index is 1340. The van der Waals surface area contributed by atoms with E-state index < -0.39 is 0 Å². The van der Waals surface area contributed by atoms with Crippen molar-refractivity contribution in [2.45, 2.75) is 0 Å². The summed E-state index contributed by atoms with van der Waals surface area (Å²) in [5.41, 5.74) is 18.6. The standard InChI is InChI=1S/C22H24N10O3/c1-32(2)15-9-13(6-7-14(15)18(23)24)34-20-17-19(27-10-16(33)29-17)30-22(31-20)35-12-5-3-4-11(8-12)28-21(25)26/h3-9H,10H2,1-2H3,(H3,23,24)(H,29,33)(H4,25,26,28)(H,27,30,31). The number of aliphatic imine (C=N–C) groups is 1. The summed E-state index contributed by atoms with van der Waals surface area (Å²) in [6, 6.07) is 11.7. The molecule has 180 valence electrons. The Kier molecular flexibility index (Phi) is 6.22. The van der Waals surface area contributed by atoms with Crippen molar-refractivity contribution in [1.82, 2.24) is 9.97 Å². The number of ether oxygens (including phenoxy) is 2. The highest BCUT2D eigenvalue weighted by atomic mass is 16.5. The van der Waals surface area contributed by atoms with E-state index in [1.807, 2.05) is 14.1 Å². The van der Waals surface area contributed by atoms with Crippen molar-refractivity contribution in [2.24, 2.45) is 22.2 Å². The predicted molar refractivity (Wildman–Crippen MR) is 133 cm³/mol. The van der Waals surface area contributed by atoms with Crippen molar-refractivity contribution in [3.05, 3.63) is 48.0 Å². The van der Waals surface area contributed by atoms with Gasteiger partial charge in [0, 0.05) is 31.8 Å². The minimum Gasteiger partial charge on any atom is -0.437 e. The van der Waals surface area contributed by atoms with Crippen LogP contribution in [0.1, 0.15) is 5.56 Å². The highest BCUT2D eigenvalue weighted by Crippen LogP contribution is 2.38. The number of nitrogen functional groups attached to an aromatic ring is 1. The molecule has 13 heteroatoms. The number of guanidine groups is 1. The fourth-order valence-corrected chi connectivity index (χ4v) is 3.28. The topological polar surface area (TPSA) is 203 Å². The molecule has 0 unspecified atom stereocenters. The second-order valence-electron chi connectivity index (χ2n) is 7.66. The number of hydrogen-bond acceptors (Lipinski definition) is 9. The number of carbonyl (C=O) groups is 1. The zero-order valence-electron chi connectivity index (χ0n) is 19.0. The third kappa shape index (κ3) is 5.30. The smallest absolute Gasteiger partial charge is 0.327 e.